The monoisotopic (exact) mass is 658 g/mol. The minimum Gasteiger partial charge on any atom is -0.741 e. The van der Waals surface area contributed by atoms with E-state index < -0.39 is 54.5 Å². The van der Waals surface area contributed by atoms with E-state index in [0.717, 1.165) is 11.8 Å². The average Bonchev–Trinajstić information content (AvgIpc) is 3.36. The van der Waals surface area contributed by atoms with Gasteiger partial charge in [0.05, 0.1) is 0 Å². The summed E-state index contributed by atoms with van der Waals surface area (Å²) in [4.78, 5) is 0. The molecular formula is C22H30F6O6S2Zr. The Morgan fingerprint density at radius 2 is 1.03 bits per heavy atom. The van der Waals surface area contributed by atoms with E-state index in [-0.39, 0.29) is 0 Å². The predicted molar refractivity (Wildman–Crippen MR) is 121 cm³/mol. The Labute approximate surface area is 226 Å². The van der Waals surface area contributed by atoms with Crippen LogP contribution in [0.5, 0.6) is 0 Å². The molecule has 0 aromatic carbocycles. The largest absolute Gasteiger partial charge is 0.741 e. The molecule has 37 heavy (non-hydrogen) atoms. The van der Waals surface area contributed by atoms with Crippen LogP contribution in [0, 0.1) is 11.8 Å². The van der Waals surface area contributed by atoms with E-state index in [1.54, 1.807) is 11.1 Å². The molecule has 2 aliphatic rings. The molecule has 212 valence electrons. The van der Waals surface area contributed by atoms with Crippen molar-refractivity contribution in [3.05, 3.63) is 42.0 Å². The summed E-state index contributed by atoms with van der Waals surface area (Å²) >= 11 is -0.537. The molecule has 6 nitrogen and oxygen atoms in total. The van der Waals surface area contributed by atoms with Crippen molar-refractivity contribution in [1.82, 2.24) is 0 Å². The zero-order chi connectivity index (χ0) is 29.2. The van der Waals surface area contributed by atoms with Gasteiger partial charge in [-0.2, -0.15) is 26.3 Å². The number of halogens is 6. The number of allylic oxidation sites excluding steroid dienone is 8. The van der Waals surface area contributed by atoms with Gasteiger partial charge in [0.25, 0.3) is 0 Å². The topological polar surface area (TPSA) is 114 Å². The van der Waals surface area contributed by atoms with E-state index in [2.05, 4.69) is 52.0 Å². The molecule has 0 spiro atoms. The first-order chi connectivity index (χ1) is 16.7. The molecule has 2 unspecified atom stereocenters. The first kappa shape index (κ1) is 36.2. The minimum absolute atomic E-state index is 0.537. The van der Waals surface area contributed by atoms with E-state index in [1.807, 2.05) is 6.56 Å². The molecular weight excluding hydrogens is 630 g/mol. The number of hydrogen-bond acceptors (Lipinski definition) is 6. The van der Waals surface area contributed by atoms with Gasteiger partial charge < -0.3 is 9.11 Å². The molecule has 0 N–H and O–H groups in total. The van der Waals surface area contributed by atoms with Crippen LogP contribution in [-0.2, 0) is 43.5 Å². The molecule has 0 saturated carbocycles. The van der Waals surface area contributed by atoms with Gasteiger partial charge in [-0.1, -0.05) is 0 Å². The average molecular weight is 660 g/mol. The van der Waals surface area contributed by atoms with Crippen LogP contribution >= 0.6 is 0 Å². The van der Waals surface area contributed by atoms with Crippen LogP contribution in [-0.4, -0.2) is 37.0 Å². The van der Waals surface area contributed by atoms with E-state index in [9.17, 15) is 26.3 Å². The molecule has 2 rings (SSSR count). The molecule has 2 atom stereocenters. The quantitative estimate of drug-likeness (QED) is 0.168. The van der Waals surface area contributed by atoms with Gasteiger partial charge in [-0.25, -0.2) is 16.8 Å². The first-order valence-electron chi connectivity index (χ1n) is 11.3. The second-order valence-corrected chi connectivity index (χ2v) is 14.7. The number of rotatable bonds is 8. The molecule has 0 amide bonds. The summed E-state index contributed by atoms with van der Waals surface area (Å²) in [5, 5.41) is 0. The van der Waals surface area contributed by atoms with E-state index in [4.69, 9.17) is 25.9 Å². The fourth-order valence-corrected chi connectivity index (χ4v) is 7.88. The molecule has 0 bridgehead atoms. The molecule has 2 aliphatic carbocycles. The van der Waals surface area contributed by atoms with Gasteiger partial charge in [0.1, 0.15) is 0 Å². The van der Waals surface area contributed by atoms with Crippen molar-refractivity contribution in [2.45, 2.75) is 77.2 Å². The SMILES string of the molecule is CCCC(C)C1=[C]([Zr+2][C]2=C(C(C)CCC)C=CC2)CC=C1.O=S(=O)([O-])C(F)(F)F.O=S(=O)([O-])C(F)(F)F. The maximum Gasteiger partial charge on any atom is 0.485 e. The third kappa shape index (κ3) is 12.8. The van der Waals surface area contributed by atoms with E-state index in [1.165, 1.54) is 38.5 Å². The van der Waals surface area contributed by atoms with Crippen LogP contribution < -0.4 is 0 Å². The Hall–Kier alpha value is -0.757. The van der Waals surface area contributed by atoms with E-state index >= 15 is 0 Å². The standard InChI is InChI=1S/2C10H15.2CHF3O3S.Zr/c2*1-3-6-9(2)10-7-4-5-8-10;2*2-1(3,4)8(5,6)7;/h2*4,7,9H,3,5-6H2,1-2H3;2*(H,5,6,7);/q;;;;+2/p-2. The van der Waals surface area contributed by atoms with Crippen molar-refractivity contribution >= 4 is 20.2 Å². The van der Waals surface area contributed by atoms with Crippen LogP contribution in [0.25, 0.3) is 0 Å². The Morgan fingerprint density at radius 3 is 1.24 bits per heavy atom. The molecule has 0 aromatic rings. The van der Waals surface area contributed by atoms with Gasteiger partial charge in [0.2, 0.25) is 0 Å². The second kappa shape index (κ2) is 15.1. The van der Waals surface area contributed by atoms with Crippen LogP contribution in [0.15, 0.2) is 42.0 Å². The van der Waals surface area contributed by atoms with Crippen LogP contribution in [0.1, 0.15) is 66.2 Å². The Morgan fingerprint density at radius 1 is 0.757 bits per heavy atom. The molecule has 0 heterocycles. The predicted octanol–water partition coefficient (Wildman–Crippen LogP) is 6.47. The van der Waals surface area contributed by atoms with Crippen molar-refractivity contribution in [2.24, 2.45) is 11.8 Å². The Kier molecular flexibility index (Phi) is 14.8. The summed E-state index contributed by atoms with van der Waals surface area (Å²) in [5.41, 5.74) is -7.87. The molecule has 0 saturated heterocycles. The van der Waals surface area contributed by atoms with Crippen molar-refractivity contribution in [3.63, 3.8) is 0 Å². The second-order valence-electron chi connectivity index (χ2n) is 8.38. The molecule has 0 aromatic heterocycles. The zero-order valence-corrected chi connectivity index (χ0v) is 24.8. The van der Waals surface area contributed by atoms with Gasteiger partial charge in [-0.3, -0.25) is 0 Å². The third-order valence-electron chi connectivity index (χ3n) is 5.31. The van der Waals surface area contributed by atoms with Crippen LogP contribution in [0.4, 0.5) is 26.3 Å². The molecule has 0 fully saturated rings. The van der Waals surface area contributed by atoms with Crippen molar-refractivity contribution in [3.8, 4) is 0 Å². The number of hydrogen-bond donors (Lipinski definition) is 0. The Bertz CT molecular complexity index is 1000. The maximum absolute atomic E-state index is 10.7. The van der Waals surface area contributed by atoms with Crippen molar-refractivity contribution in [1.29, 1.82) is 0 Å². The zero-order valence-electron chi connectivity index (χ0n) is 20.7. The van der Waals surface area contributed by atoms with E-state index in [0.29, 0.717) is 0 Å². The minimum atomic E-state index is -6.09. The summed E-state index contributed by atoms with van der Waals surface area (Å²) in [7, 11) is -12.2. The maximum atomic E-state index is 10.7. The van der Waals surface area contributed by atoms with Crippen molar-refractivity contribution in [2.75, 3.05) is 0 Å². The third-order valence-corrected chi connectivity index (χ3v) is 10.3. The summed E-state index contributed by atoms with van der Waals surface area (Å²) < 4.78 is 122. The van der Waals surface area contributed by atoms with Gasteiger partial charge in [0, 0.05) is 0 Å². The molecule has 15 heteroatoms. The van der Waals surface area contributed by atoms with Crippen LogP contribution in [0.3, 0.4) is 0 Å². The van der Waals surface area contributed by atoms with Crippen LogP contribution in [0.2, 0.25) is 0 Å². The number of alkyl halides is 6. The molecule has 0 aliphatic heterocycles. The van der Waals surface area contributed by atoms with Gasteiger partial charge >= 0.3 is 154 Å². The summed E-state index contributed by atoms with van der Waals surface area (Å²) in [6.07, 6.45) is 17.5. The summed E-state index contributed by atoms with van der Waals surface area (Å²) in [5.74, 6) is 1.55. The smallest absolute Gasteiger partial charge is 0.485 e. The normalized spacial score (nSPS) is 17.6. The van der Waals surface area contributed by atoms with Crippen molar-refractivity contribution < 1.29 is 75.5 Å². The van der Waals surface area contributed by atoms with Gasteiger partial charge in [0.15, 0.2) is 20.2 Å². The van der Waals surface area contributed by atoms with Gasteiger partial charge in [-0.15, -0.1) is 0 Å². The first-order valence-corrected chi connectivity index (χ1v) is 16.5. The summed E-state index contributed by atoms with van der Waals surface area (Å²) in [6.45, 7) is 9.47. The fourth-order valence-electron chi connectivity index (χ4n) is 3.57. The summed E-state index contributed by atoms with van der Waals surface area (Å²) in [6, 6.07) is 0. The Balaban J connectivity index is 0.000000669. The van der Waals surface area contributed by atoms with Gasteiger partial charge in [-0.05, 0) is 0 Å². The molecule has 0 radical (unpaired) electrons. The fraction of sp³-hybridized carbons (Fsp3) is 0.636.